The summed E-state index contributed by atoms with van der Waals surface area (Å²) in [6.45, 7) is 7.41. The molecule has 1 unspecified atom stereocenters. The highest BCUT2D eigenvalue weighted by Crippen LogP contribution is 2.36. The SMILES string of the molecule is CCN(c1cc(F)c(S(=O)(=O)N(C(=O)OC(C)(C)C)c2cscn2)cc1Cl)C1CCN(C(=O)O)C1. The van der Waals surface area contributed by atoms with Crippen molar-refractivity contribution in [2.75, 3.05) is 28.8 Å². The van der Waals surface area contributed by atoms with Gasteiger partial charge in [-0.1, -0.05) is 11.6 Å². The summed E-state index contributed by atoms with van der Waals surface area (Å²) in [4.78, 5) is 30.2. The molecule has 14 heteroatoms. The number of benzene rings is 1. The van der Waals surface area contributed by atoms with Crippen LogP contribution in [0.1, 0.15) is 34.1 Å². The number of carbonyl (C=O) groups excluding carboxylic acids is 1. The van der Waals surface area contributed by atoms with Crippen molar-refractivity contribution in [3.63, 3.8) is 0 Å². The van der Waals surface area contributed by atoms with Gasteiger partial charge in [-0.25, -0.2) is 27.4 Å². The Morgan fingerprint density at radius 3 is 2.57 bits per heavy atom. The van der Waals surface area contributed by atoms with E-state index in [0.29, 0.717) is 23.8 Å². The van der Waals surface area contributed by atoms with Crippen molar-refractivity contribution in [2.45, 2.75) is 50.7 Å². The maximum Gasteiger partial charge on any atom is 0.430 e. The van der Waals surface area contributed by atoms with Crippen LogP contribution < -0.4 is 9.21 Å². The summed E-state index contributed by atoms with van der Waals surface area (Å²) in [5.74, 6) is -1.36. The molecule has 192 valence electrons. The van der Waals surface area contributed by atoms with Crippen LogP contribution in [0.15, 0.2) is 27.9 Å². The summed E-state index contributed by atoms with van der Waals surface area (Å²) in [7, 11) is -4.80. The number of carbonyl (C=O) groups is 2. The molecule has 1 aromatic carbocycles. The van der Waals surface area contributed by atoms with E-state index in [1.807, 2.05) is 0 Å². The van der Waals surface area contributed by atoms with Crippen molar-refractivity contribution < 1.29 is 32.2 Å². The molecule has 2 aromatic rings. The predicted octanol–water partition coefficient (Wildman–Crippen LogP) is 4.64. The quantitative estimate of drug-likeness (QED) is 0.554. The molecule has 3 rings (SSSR count). The van der Waals surface area contributed by atoms with Crippen LogP contribution in [0.4, 0.5) is 25.5 Å². The smallest absolute Gasteiger partial charge is 0.430 e. The second-order valence-electron chi connectivity index (χ2n) is 8.79. The first-order chi connectivity index (χ1) is 16.3. The fourth-order valence-electron chi connectivity index (χ4n) is 3.75. The minimum atomic E-state index is -4.80. The standard InChI is InChI=1S/C21H26ClFN4O6S2/c1-5-26(13-6-7-25(10-13)19(28)29)16-9-15(23)17(8-14(16)22)35(31,32)27(18-11-34-12-24-18)20(30)33-21(2,3)4/h8-9,11-13H,5-7,10H2,1-4H3,(H,28,29). The molecule has 35 heavy (non-hydrogen) atoms. The average Bonchev–Trinajstić information content (AvgIpc) is 3.42. The fourth-order valence-corrected chi connectivity index (χ4v) is 6.02. The molecule has 1 aliphatic heterocycles. The Hall–Kier alpha value is -2.64. The van der Waals surface area contributed by atoms with Crippen LogP contribution in [0.25, 0.3) is 0 Å². The molecule has 0 aliphatic carbocycles. The summed E-state index contributed by atoms with van der Waals surface area (Å²) >= 11 is 7.47. The van der Waals surface area contributed by atoms with E-state index in [0.717, 1.165) is 23.5 Å². The number of carboxylic acid groups (broad SMARTS) is 1. The molecule has 1 atom stereocenters. The van der Waals surface area contributed by atoms with E-state index in [1.54, 1.807) is 32.6 Å². The molecule has 2 amide bonds. The third-order valence-corrected chi connectivity index (χ3v) is 7.79. The molecule has 2 heterocycles. The van der Waals surface area contributed by atoms with Gasteiger partial charge in [0.2, 0.25) is 0 Å². The lowest BCUT2D eigenvalue weighted by molar-refractivity contribution is 0.0608. The molecule has 1 fully saturated rings. The summed E-state index contributed by atoms with van der Waals surface area (Å²) in [6, 6.07) is 1.66. The Morgan fingerprint density at radius 2 is 2.06 bits per heavy atom. The second kappa shape index (κ2) is 10.2. The van der Waals surface area contributed by atoms with E-state index in [9.17, 15) is 23.1 Å². The van der Waals surface area contributed by atoms with Gasteiger partial charge >= 0.3 is 12.2 Å². The van der Waals surface area contributed by atoms with Crippen molar-refractivity contribution in [2.24, 2.45) is 0 Å². The van der Waals surface area contributed by atoms with Crippen LogP contribution in [0.5, 0.6) is 0 Å². The zero-order chi connectivity index (χ0) is 26.1. The minimum Gasteiger partial charge on any atom is -0.465 e. The molecule has 1 aliphatic rings. The van der Waals surface area contributed by atoms with Crippen LogP contribution in [-0.2, 0) is 14.8 Å². The Morgan fingerprint density at radius 1 is 1.37 bits per heavy atom. The topological polar surface area (TPSA) is 120 Å². The number of rotatable bonds is 6. The molecular weight excluding hydrogens is 523 g/mol. The first kappa shape index (κ1) is 27.0. The second-order valence-corrected chi connectivity index (χ2v) is 11.7. The van der Waals surface area contributed by atoms with E-state index in [-0.39, 0.29) is 29.1 Å². The zero-order valence-electron chi connectivity index (χ0n) is 19.6. The summed E-state index contributed by atoms with van der Waals surface area (Å²) in [5, 5.41) is 10.5. The lowest BCUT2D eigenvalue weighted by Gasteiger charge is -2.31. The largest absolute Gasteiger partial charge is 0.465 e. The molecular formula is C21H26ClFN4O6S2. The number of likely N-dealkylation sites (tertiary alicyclic amines) is 1. The minimum absolute atomic E-state index is 0.0667. The third kappa shape index (κ3) is 5.78. The molecule has 1 saturated heterocycles. The van der Waals surface area contributed by atoms with Gasteiger partial charge in [-0.15, -0.1) is 15.6 Å². The van der Waals surface area contributed by atoms with Crippen LogP contribution in [0.2, 0.25) is 5.02 Å². The number of hydrogen-bond donors (Lipinski definition) is 1. The van der Waals surface area contributed by atoms with Gasteiger partial charge in [-0.2, -0.15) is 0 Å². The zero-order valence-corrected chi connectivity index (χ0v) is 22.0. The van der Waals surface area contributed by atoms with Gasteiger partial charge in [-0.3, -0.25) is 0 Å². The van der Waals surface area contributed by atoms with Gasteiger partial charge in [-0.05, 0) is 40.2 Å². The maximum absolute atomic E-state index is 15.4. The normalized spacial score (nSPS) is 16.3. The first-order valence-electron chi connectivity index (χ1n) is 10.7. The number of aromatic nitrogens is 1. The van der Waals surface area contributed by atoms with Crippen molar-refractivity contribution in [1.82, 2.24) is 9.88 Å². The van der Waals surface area contributed by atoms with Crippen LogP contribution in [0, 0.1) is 5.82 Å². The molecule has 0 bridgehead atoms. The maximum atomic E-state index is 15.4. The highest BCUT2D eigenvalue weighted by Gasteiger charge is 2.39. The Balaban J connectivity index is 2.02. The van der Waals surface area contributed by atoms with Gasteiger partial charge in [0, 0.05) is 37.1 Å². The van der Waals surface area contributed by atoms with E-state index < -0.39 is 38.5 Å². The number of halogens is 2. The van der Waals surface area contributed by atoms with Gasteiger partial charge < -0.3 is 19.6 Å². The highest BCUT2D eigenvalue weighted by atomic mass is 35.5. The number of thiazole rings is 1. The lowest BCUT2D eigenvalue weighted by Crippen LogP contribution is -2.41. The monoisotopic (exact) mass is 548 g/mol. The fraction of sp³-hybridized carbons (Fsp3) is 0.476. The van der Waals surface area contributed by atoms with Crippen molar-refractivity contribution in [3.05, 3.63) is 33.9 Å². The van der Waals surface area contributed by atoms with E-state index >= 15 is 4.39 Å². The Bertz CT molecular complexity index is 1200. The number of sulfonamides is 1. The van der Waals surface area contributed by atoms with E-state index in [1.165, 1.54) is 15.8 Å². The molecule has 10 nitrogen and oxygen atoms in total. The van der Waals surface area contributed by atoms with Gasteiger partial charge in [0.25, 0.3) is 10.0 Å². The van der Waals surface area contributed by atoms with Crippen LogP contribution in [-0.4, -0.2) is 66.9 Å². The van der Waals surface area contributed by atoms with Crippen molar-refractivity contribution >= 4 is 56.7 Å². The van der Waals surface area contributed by atoms with Crippen LogP contribution in [0.3, 0.4) is 0 Å². The Labute approximate surface area is 211 Å². The van der Waals surface area contributed by atoms with Gasteiger partial charge in [0.1, 0.15) is 16.3 Å². The summed E-state index contributed by atoms with van der Waals surface area (Å²) in [6.07, 6.45) is -1.78. The number of anilines is 2. The van der Waals surface area contributed by atoms with Gasteiger partial charge in [0.05, 0.1) is 16.2 Å². The third-order valence-electron chi connectivity index (χ3n) is 5.23. The van der Waals surface area contributed by atoms with Crippen LogP contribution >= 0.6 is 22.9 Å². The summed E-state index contributed by atoms with van der Waals surface area (Å²) < 4.78 is 47.8. The highest BCUT2D eigenvalue weighted by molar-refractivity contribution is 7.93. The number of hydrogen-bond acceptors (Lipinski definition) is 8. The van der Waals surface area contributed by atoms with Crippen molar-refractivity contribution in [1.29, 1.82) is 0 Å². The predicted molar refractivity (Wildman–Crippen MR) is 130 cm³/mol. The molecule has 0 radical (unpaired) electrons. The molecule has 1 N–H and O–H groups in total. The lowest BCUT2D eigenvalue weighted by atomic mass is 10.2. The number of ether oxygens (including phenoxy) is 1. The summed E-state index contributed by atoms with van der Waals surface area (Å²) in [5.41, 5.74) is 0.532. The number of amides is 2. The molecule has 0 spiro atoms. The van der Waals surface area contributed by atoms with E-state index in [4.69, 9.17) is 16.3 Å². The molecule has 0 saturated carbocycles. The van der Waals surface area contributed by atoms with E-state index in [2.05, 4.69) is 4.98 Å². The average molecular weight is 549 g/mol. The number of nitrogens with zero attached hydrogens (tertiary/aromatic N) is 4. The van der Waals surface area contributed by atoms with Crippen molar-refractivity contribution in [3.8, 4) is 0 Å². The Kier molecular flexibility index (Phi) is 7.82. The first-order valence-corrected chi connectivity index (χ1v) is 13.4. The van der Waals surface area contributed by atoms with Gasteiger partial charge in [0.15, 0.2) is 5.82 Å². The molecule has 1 aromatic heterocycles. The number of likely N-dealkylation sites (N-methyl/N-ethyl adjacent to an activating group) is 1.